The van der Waals surface area contributed by atoms with Crippen molar-refractivity contribution in [1.29, 1.82) is 0 Å². The lowest BCUT2D eigenvalue weighted by molar-refractivity contribution is -0.344. The van der Waals surface area contributed by atoms with Gasteiger partial charge in [0.05, 0.1) is 35.6 Å². The molecule has 7 rings (SSSR count). The molecule has 2 aromatic rings. The summed E-state index contributed by atoms with van der Waals surface area (Å²) in [7, 11) is -5.64. The lowest BCUT2D eigenvalue weighted by Crippen LogP contribution is -2.83. The van der Waals surface area contributed by atoms with Crippen molar-refractivity contribution in [2.45, 2.75) is 219 Å². The second kappa shape index (κ2) is 22.5. The molecule has 0 aromatic heterocycles. The van der Waals surface area contributed by atoms with Crippen LogP contribution in [-0.2, 0) is 65.9 Å². The van der Waals surface area contributed by atoms with Gasteiger partial charge in [-0.25, -0.2) is 19.2 Å². The van der Waals surface area contributed by atoms with Crippen LogP contribution < -0.4 is 5.32 Å². The van der Waals surface area contributed by atoms with Crippen molar-refractivity contribution in [2.75, 3.05) is 6.61 Å². The second-order valence-electron chi connectivity index (χ2n) is 23.9. The topological polar surface area (TPSA) is 224 Å². The Labute approximate surface area is 467 Å². The molecule has 2 bridgehead atoms. The first-order valence-electron chi connectivity index (χ1n) is 28.0. The van der Waals surface area contributed by atoms with Crippen LogP contribution >= 0.6 is 0 Å². The molecule has 0 unspecified atom stereocenters. The smallest absolute Gasteiger partial charge is 0.454 e. The van der Waals surface area contributed by atoms with Crippen molar-refractivity contribution >= 4 is 58.5 Å². The highest BCUT2D eigenvalue weighted by molar-refractivity contribution is 6.74. The van der Waals surface area contributed by atoms with E-state index in [1.165, 1.54) is 13.8 Å². The van der Waals surface area contributed by atoms with Crippen molar-refractivity contribution in [1.82, 2.24) is 5.32 Å². The van der Waals surface area contributed by atoms with E-state index in [0.29, 0.717) is 41.8 Å². The minimum Gasteiger partial charge on any atom is -0.454 e. The first-order valence-corrected chi connectivity index (χ1v) is 33.1. The van der Waals surface area contributed by atoms with Gasteiger partial charge in [-0.05, 0) is 107 Å². The number of hydrogen-bond donors (Lipinski definition) is 1. The minimum atomic E-state index is -2.92. The molecular formula is C59H83NO17Si2. The molecule has 1 amide bonds. The van der Waals surface area contributed by atoms with Gasteiger partial charge in [0, 0.05) is 25.7 Å². The van der Waals surface area contributed by atoms with Crippen LogP contribution in [0.15, 0.2) is 71.8 Å². The first kappa shape index (κ1) is 61.2. The Hall–Kier alpha value is -5.42. The third-order valence-electron chi connectivity index (χ3n) is 18.3. The van der Waals surface area contributed by atoms with Gasteiger partial charge in [0.2, 0.25) is 5.60 Å². The van der Waals surface area contributed by atoms with E-state index < -0.39 is 140 Å². The molecule has 0 radical (unpaired) electrons. The van der Waals surface area contributed by atoms with Gasteiger partial charge in [0.1, 0.15) is 11.7 Å². The maximum absolute atomic E-state index is 16.8. The molecule has 2 heterocycles. The molecule has 5 aliphatic rings. The summed E-state index contributed by atoms with van der Waals surface area (Å²) in [6.45, 7) is 27.5. The number of nitrogens with one attached hydrogen (secondary N) is 1. The lowest BCUT2D eigenvalue weighted by Gasteiger charge is -2.68. The molecule has 20 heteroatoms. The van der Waals surface area contributed by atoms with Gasteiger partial charge in [-0.2, -0.15) is 0 Å². The normalized spacial score (nSPS) is 30.2. The van der Waals surface area contributed by atoms with Gasteiger partial charge >= 0.3 is 36.1 Å². The molecule has 4 fully saturated rings. The standard InChI is InChI=1S/C59H83NO17Si2/c1-17-78(18-2,19-3)76-40-33-41-58(34-68-41,73-37(9)62)45-49(71-50(64)39-31-27-24-28-32-39)59-48(72-53(67)75-59)43(35(7)42(55(59,13)14)44(69-36(8)61)47(63)56(40,45)15)70-51(65)57(16,77-79(20-4,21-5)22-6)46(38-29-25-23-26-30-38)60-52(66)74-54(10,11)12/h23-32,40-41,43-46,48-49H,17-22,33-34H2,1-16H3,(H,60,66)/t40-,41+,43+,44+,45-,46-,48-,49-,56+,57+,58-,59+/m0/s1. The van der Waals surface area contributed by atoms with Crippen molar-refractivity contribution < 1.29 is 80.3 Å². The van der Waals surface area contributed by atoms with E-state index >= 15 is 14.4 Å². The predicted octanol–water partition coefficient (Wildman–Crippen LogP) is 10.4. The van der Waals surface area contributed by atoms with E-state index in [9.17, 15) is 19.2 Å². The average molecular weight is 1130 g/mol. The fourth-order valence-electron chi connectivity index (χ4n) is 13.7. The number of carbonyl (C=O) groups excluding carboxylic acids is 7. The van der Waals surface area contributed by atoms with Crippen LogP contribution in [0.5, 0.6) is 0 Å². The molecule has 12 atom stereocenters. The summed E-state index contributed by atoms with van der Waals surface area (Å²) in [5.41, 5.74) is -10.0. The number of hydrogen-bond acceptors (Lipinski definition) is 17. The summed E-state index contributed by atoms with van der Waals surface area (Å²) in [4.78, 5) is 104. The third kappa shape index (κ3) is 10.5. The van der Waals surface area contributed by atoms with Crippen molar-refractivity contribution in [3.8, 4) is 0 Å². The van der Waals surface area contributed by atoms with Crippen LogP contribution in [0.4, 0.5) is 9.59 Å². The van der Waals surface area contributed by atoms with Crippen molar-refractivity contribution in [2.24, 2.45) is 16.7 Å². The molecule has 79 heavy (non-hydrogen) atoms. The number of amides is 1. The first-order chi connectivity index (χ1) is 37.0. The molecule has 2 aromatic carbocycles. The molecule has 2 aliphatic heterocycles. The Balaban J connectivity index is 1.58. The summed E-state index contributed by atoms with van der Waals surface area (Å²) in [6.07, 6.45) is -11.1. The summed E-state index contributed by atoms with van der Waals surface area (Å²) in [6, 6.07) is 19.3. The molecular weight excluding hydrogens is 1050 g/mol. The Bertz CT molecular complexity index is 2670. The summed E-state index contributed by atoms with van der Waals surface area (Å²) in [5, 5.41) is 2.95. The highest BCUT2D eigenvalue weighted by Crippen LogP contribution is 2.67. The van der Waals surface area contributed by atoms with Crippen LogP contribution in [-0.4, -0.2) is 124 Å². The molecule has 2 saturated heterocycles. The van der Waals surface area contributed by atoms with Crippen LogP contribution in [0.2, 0.25) is 36.3 Å². The number of fused-ring (bicyclic) bond motifs is 4. The molecule has 18 nitrogen and oxygen atoms in total. The number of rotatable bonds is 19. The predicted molar refractivity (Wildman–Crippen MR) is 294 cm³/mol. The van der Waals surface area contributed by atoms with Crippen molar-refractivity contribution in [3.63, 3.8) is 0 Å². The minimum absolute atomic E-state index is 0.0396. The highest BCUT2D eigenvalue weighted by atomic mass is 28.4. The van der Waals surface area contributed by atoms with Crippen LogP contribution in [0.25, 0.3) is 0 Å². The van der Waals surface area contributed by atoms with Gasteiger partial charge in [0.15, 0.2) is 58.0 Å². The van der Waals surface area contributed by atoms with E-state index in [1.54, 1.807) is 116 Å². The molecule has 2 saturated carbocycles. The maximum atomic E-state index is 16.8. The van der Waals surface area contributed by atoms with Crippen LogP contribution in [0.3, 0.4) is 0 Å². The third-order valence-corrected chi connectivity index (χ3v) is 27.7. The Morgan fingerprint density at radius 3 is 1.85 bits per heavy atom. The number of Topliss-reactive ketones (excluding diaryl/α,β-unsaturated/α-hetero) is 1. The zero-order valence-electron chi connectivity index (χ0n) is 49.0. The Morgan fingerprint density at radius 1 is 0.772 bits per heavy atom. The average Bonchev–Trinajstić information content (AvgIpc) is 2.10. The zero-order valence-corrected chi connectivity index (χ0v) is 51.0. The van der Waals surface area contributed by atoms with E-state index in [0.717, 1.165) is 0 Å². The van der Waals surface area contributed by atoms with Gasteiger partial charge < -0.3 is 52.1 Å². The largest absolute Gasteiger partial charge is 0.509 e. The molecule has 3 aliphatic carbocycles. The summed E-state index contributed by atoms with van der Waals surface area (Å²) >= 11 is 0. The Morgan fingerprint density at radius 2 is 1.34 bits per heavy atom. The van der Waals surface area contributed by atoms with E-state index in [4.69, 9.17) is 46.7 Å². The monoisotopic (exact) mass is 1130 g/mol. The molecule has 434 valence electrons. The number of carbonyl (C=O) groups is 7. The number of ketones is 1. The summed E-state index contributed by atoms with van der Waals surface area (Å²) in [5.74, 6) is -5.71. The van der Waals surface area contributed by atoms with Crippen LogP contribution in [0.1, 0.15) is 139 Å². The Kier molecular flexibility index (Phi) is 17.4. The fourth-order valence-corrected chi connectivity index (χ4v) is 19.7. The molecule has 1 spiro atoms. The number of ether oxygens (including phenoxy) is 8. The highest BCUT2D eigenvalue weighted by Gasteiger charge is 2.84. The SMILES string of the molecule is CC[Si](CC)(CC)O[C@H]1C[C@H]2OC[C@@]2(OC(C)=O)[C@H]2[C@H](OC(=O)c3ccccc3)[C@]34OC(=O)O[C@H]3[C@H](OC(=O)[C@](C)(O[Si](CC)(CC)CC)[C@@H](NC(=O)OC(C)(C)C)c3ccccc3)C(C)=C([C@@H](OC(C)=O)C(=O)[C@]12C)C4(C)C. The van der Waals surface area contributed by atoms with Gasteiger partial charge in [-0.3, -0.25) is 14.4 Å². The molecule has 1 N–H and O–H groups in total. The van der Waals surface area contributed by atoms with Crippen molar-refractivity contribution in [3.05, 3.63) is 82.9 Å². The van der Waals surface area contributed by atoms with Gasteiger partial charge in [-0.1, -0.05) is 104 Å². The van der Waals surface area contributed by atoms with E-state index in [-0.39, 0.29) is 29.7 Å². The van der Waals surface area contributed by atoms with E-state index in [2.05, 4.69) is 5.32 Å². The number of esters is 4. The quantitative estimate of drug-likeness (QED) is 0.0597. The number of benzene rings is 2. The second-order valence-corrected chi connectivity index (χ2v) is 33.3. The van der Waals surface area contributed by atoms with E-state index in [1.807, 2.05) is 41.5 Å². The number of alkyl carbamates (subject to hydrolysis) is 1. The van der Waals surface area contributed by atoms with Gasteiger partial charge in [-0.15, -0.1) is 0 Å². The summed E-state index contributed by atoms with van der Waals surface area (Å²) < 4.78 is 66.7. The zero-order chi connectivity index (χ0) is 58.5. The lowest BCUT2D eigenvalue weighted by atomic mass is 9.44. The maximum Gasteiger partial charge on any atom is 0.509 e. The van der Waals surface area contributed by atoms with Gasteiger partial charge in [0.25, 0.3) is 0 Å². The fraction of sp³-hybridized carbons (Fsp3) is 0.644. The van der Waals surface area contributed by atoms with Crippen LogP contribution in [0, 0.1) is 16.7 Å².